The highest BCUT2D eigenvalue weighted by atomic mass is 16.5. The van der Waals surface area contributed by atoms with Crippen LogP contribution < -0.4 is 15.4 Å². The van der Waals surface area contributed by atoms with Crippen LogP contribution in [0.5, 0.6) is 5.75 Å². The standard InChI is InChI=1S/C28H29N5O/c1-4-25(21-8-6-5-7-9-21)30-20(3)23-12-14-33(18-23)27-19(2)17-29-28(32-27)31-24-10-11-26-22(16-24)13-15-34-26/h5-12,14,16-18,25,30H,3-4,13,15H2,1-2H3,(H,29,31,32). The molecule has 0 spiro atoms. The van der Waals surface area contributed by atoms with Crippen LogP contribution in [-0.2, 0) is 6.42 Å². The van der Waals surface area contributed by atoms with Gasteiger partial charge in [-0.2, -0.15) is 4.98 Å². The Bertz CT molecular complexity index is 1310. The molecule has 3 heterocycles. The van der Waals surface area contributed by atoms with Crippen molar-refractivity contribution < 1.29 is 4.74 Å². The first-order chi connectivity index (χ1) is 16.6. The normalized spacial score (nSPS) is 13.1. The second kappa shape index (κ2) is 9.43. The number of aromatic nitrogens is 3. The van der Waals surface area contributed by atoms with Crippen LogP contribution in [0.25, 0.3) is 11.5 Å². The molecule has 1 aliphatic heterocycles. The van der Waals surface area contributed by atoms with Gasteiger partial charge in [-0.25, -0.2) is 4.98 Å². The Kier molecular flexibility index (Phi) is 6.04. The highest BCUT2D eigenvalue weighted by molar-refractivity contribution is 5.63. The van der Waals surface area contributed by atoms with Crippen molar-refractivity contribution in [3.05, 3.63) is 102 Å². The molecule has 1 unspecified atom stereocenters. The monoisotopic (exact) mass is 451 g/mol. The van der Waals surface area contributed by atoms with Crippen LogP contribution >= 0.6 is 0 Å². The molecule has 6 nitrogen and oxygen atoms in total. The Morgan fingerprint density at radius 1 is 1.18 bits per heavy atom. The maximum Gasteiger partial charge on any atom is 0.229 e. The molecule has 2 N–H and O–H groups in total. The molecule has 5 rings (SSSR count). The summed E-state index contributed by atoms with van der Waals surface area (Å²) in [7, 11) is 0. The summed E-state index contributed by atoms with van der Waals surface area (Å²) >= 11 is 0. The lowest BCUT2D eigenvalue weighted by atomic mass is 10.0. The number of fused-ring (bicyclic) bond motifs is 1. The van der Waals surface area contributed by atoms with Gasteiger partial charge in [-0.3, -0.25) is 0 Å². The van der Waals surface area contributed by atoms with Crippen molar-refractivity contribution in [1.29, 1.82) is 0 Å². The fraction of sp³-hybridized carbons (Fsp3) is 0.214. The van der Waals surface area contributed by atoms with Crippen LogP contribution in [0.4, 0.5) is 11.6 Å². The average molecular weight is 452 g/mol. The van der Waals surface area contributed by atoms with E-state index in [1.165, 1.54) is 11.1 Å². The first kappa shape index (κ1) is 21.8. The molecule has 172 valence electrons. The van der Waals surface area contributed by atoms with Gasteiger partial charge in [0.15, 0.2) is 0 Å². The molecule has 4 aromatic rings. The van der Waals surface area contributed by atoms with Crippen molar-refractivity contribution in [2.45, 2.75) is 32.7 Å². The fourth-order valence-electron chi connectivity index (χ4n) is 4.25. The Balaban J connectivity index is 1.33. The van der Waals surface area contributed by atoms with Gasteiger partial charge in [-0.05, 0) is 48.7 Å². The number of benzene rings is 2. The number of aryl methyl sites for hydroxylation is 1. The molecule has 0 bridgehead atoms. The molecule has 0 amide bonds. The Hall–Kier alpha value is -4.06. The molecule has 0 saturated carbocycles. The number of anilines is 2. The van der Waals surface area contributed by atoms with E-state index in [9.17, 15) is 0 Å². The zero-order chi connectivity index (χ0) is 23.5. The van der Waals surface area contributed by atoms with E-state index in [-0.39, 0.29) is 6.04 Å². The molecular formula is C28H29N5O. The van der Waals surface area contributed by atoms with Gasteiger partial charge in [-0.15, -0.1) is 0 Å². The first-order valence-corrected chi connectivity index (χ1v) is 11.7. The SMILES string of the molecule is C=C(NC(CC)c1ccccc1)c1ccn(-c2nc(Nc3ccc4c(c3)CCO4)ncc2C)c1. The first-order valence-electron chi connectivity index (χ1n) is 11.7. The third-order valence-corrected chi connectivity index (χ3v) is 6.14. The Morgan fingerprint density at radius 3 is 2.85 bits per heavy atom. The zero-order valence-corrected chi connectivity index (χ0v) is 19.6. The van der Waals surface area contributed by atoms with E-state index in [1.54, 1.807) is 0 Å². The predicted molar refractivity (Wildman–Crippen MR) is 137 cm³/mol. The largest absolute Gasteiger partial charge is 0.493 e. The van der Waals surface area contributed by atoms with Crippen molar-refractivity contribution in [2.75, 3.05) is 11.9 Å². The molecule has 0 radical (unpaired) electrons. The Labute approximate surface area is 200 Å². The van der Waals surface area contributed by atoms with E-state index in [2.05, 4.69) is 71.7 Å². The maximum absolute atomic E-state index is 5.60. The molecule has 2 aromatic heterocycles. The van der Waals surface area contributed by atoms with Crippen LogP contribution in [0, 0.1) is 6.92 Å². The molecule has 1 atom stereocenters. The predicted octanol–water partition coefficient (Wildman–Crippen LogP) is 5.97. The van der Waals surface area contributed by atoms with E-state index >= 15 is 0 Å². The lowest BCUT2D eigenvalue weighted by Crippen LogP contribution is -2.18. The number of nitrogens with one attached hydrogen (secondary N) is 2. The third kappa shape index (κ3) is 4.53. The maximum atomic E-state index is 5.60. The lowest BCUT2D eigenvalue weighted by Gasteiger charge is -2.20. The average Bonchev–Trinajstić information content (AvgIpc) is 3.54. The molecule has 1 aliphatic rings. The molecule has 0 fully saturated rings. The minimum atomic E-state index is 0.214. The van der Waals surface area contributed by atoms with Gasteiger partial charge in [0.05, 0.1) is 12.6 Å². The highest BCUT2D eigenvalue weighted by Crippen LogP contribution is 2.29. The van der Waals surface area contributed by atoms with Crippen molar-refractivity contribution >= 4 is 17.3 Å². The van der Waals surface area contributed by atoms with Crippen LogP contribution in [-0.4, -0.2) is 21.1 Å². The molecular weight excluding hydrogens is 422 g/mol. The molecule has 6 heteroatoms. The van der Waals surface area contributed by atoms with Crippen LogP contribution in [0.15, 0.2) is 79.8 Å². The topological polar surface area (TPSA) is 64.0 Å². The zero-order valence-electron chi connectivity index (χ0n) is 19.6. The van der Waals surface area contributed by atoms with Crippen molar-refractivity contribution in [1.82, 2.24) is 19.9 Å². The van der Waals surface area contributed by atoms with Gasteiger partial charge >= 0.3 is 0 Å². The minimum Gasteiger partial charge on any atom is -0.493 e. The van der Waals surface area contributed by atoms with Gasteiger partial charge < -0.3 is 19.9 Å². The Morgan fingerprint density at radius 2 is 2.03 bits per heavy atom. The number of rotatable bonds is 8. The summed E-state index contributed by atoms with van der Waals surface area (Å²) in [5, 5.41) is 6.91. The van der Waals surface area contributed by atoms with E-state index in [0.717, 1.165) is 53.5 Å². The van der Waals surface area contributed by atoms with E-state index in [1.807, 2.05) is 42.1 Å². The summed E-state index contributed by atoms with van der Waals surface area (Å²) in [4.78, 5) is 9.27. The third-order valence-electron chi connectivity index (χ3n) is 6.14. The molecule has 0 saturated heterocycles. The van der Waals surface area contributed by atoms with Crippen molar-refractivity contribution in [2.24, 2.45) is 0 Å². The number of nitrogens with zero attached hydrogens (tertiary/aromatic N) is 3. The van der Waals surface area contributed by atoms with E-state index in [4.69, 9.17) is 9.72 Å². The lowest BCUT2D eigenvalue weighted by molar-refractivity contribution is 0.357. The minimum absolute atomic E-state index is 0.214. The van der Waals surface area contributed by atoms with E-state index in [0.29, 0.717) is 5.95 Å². The molecule has 34 heavy (non-hydrogen) atoms. The highest BCUT2D eigenvalue weighted by Gasteiger charge is 2.14. The van der Waals surface area contributed by atoms with Crippen LogP contribution in [0.3, 0.4) is 0 Å². The number of ether oxygens (including phenoxy) is 1. The van der Waals surface area contributed by atoms with E-state index < -0.39 is 0 Å². The summed E-state index contributed by atoms with van der Waals surface area (Å²) < 4.78 is 7.62. The quantitative estimate of drug-likeness (QED) is 0.346. The second-order valence-electron chi connectivity index (χ2n) is 8.55. The van der Waals surface area contributed by atoms with Crippen LogP contribution in [0.1, 0.15) is 41.6 Å². The van der Waals surface area contributed by atoms with Gasteiger partial charge in [0.1, 0.15) is 11.6 Å². The summed E-state index contributed by atoms with van der Waals surface area (Å²) in [6, 6.07) is 18.8. The molecule has 0 aliphatic carbocycles. The van der Waals surface area contributed by atoms with Gasteiger partial charge in [-0.1, -0.05) is 43.8 Å². The van der Waals surface area contributed by atoms with Crippen molar-refractivity contribution in [3.8, 4) is 11.6 Å². The number of hydrogen-bond acceptors (Lipinski definition) is 5. The fourth-order valence-corrected chi connectivity index (χ4v) is 4.25. The molecule has 2 aromatic carbocycles. The number of hydrogen-bond donors (Lipinski definition) is 2. The van der Waals surface area contributed by atoms with Crippen LogP contribution in [0.2, 0.25) is 0 Å². The second-order valence-corrected chi connectivity index (χ2v) is 8.55. The summed E-state index contributed by atoms with van der Waals surface area (Å²) in [6.07, 6.45) is 7.81. The summed E-state index contributed by atoms with van der Waals surface area (Å²) in [6.45, 7) is 9.22. The smallest absolute Gasteiger partial charge is 0.229 e. The summed E-state index contributed by atoms with van der Waals surface area (Å²) in [5.41, 5.74) is 6.33. The van der Waals surface area contributed by atoms with Gasteiger partial charge in [0.25, 0.3) is 0 Å². The van der Waals surface area contributed by atoms with Crippen molar-refractivity contribution in [3.63, 3.8) is 0 Å². The summed E-state index contributed by atoms with van der Waals surface area (Å²) in [5.74, 6) is 2.35. The van der Waals surface area contributed by atoms with Gasteiger partial charge in [0, 0.05) is 47.5 Å². The van der Waals surface area contributed by atoms with Gasteiger partial charge in [0.2, 0.25) is 5.95 Å².